The van der Waals surface area contributed by atoms with Crippen molar-refractivity contribution in [3.05, 3.63) is 65.9 Å². The second kappa shape index (κ2) is 12.8. The molecule has 4 heterocycles. The van der Waals surface area contributed by atoms with Gasteiger partial charge >= 0.3 is 0 Å². The van der Waals surface area contributed by atoms with Gasteiger partial charge in [-0.15, -0.1) is 0 Å². The number of hydrazine groups is 1. The maximum Gasteiger partial charge on any atom is 0.225 e. The maximum atomic E-state index is 12.8. The highest BCUT2D eigenvalue weighted by Crippen LogP contribution is 2.39. The number of pyridine rings is 2. The van der Waals surface area contributed by atoms with Gasteiger partial charge in [0, 0.05) is 50.5 Å². The van der Waals surface area contributed by atoms with Crippen LogP contribution in [0, 0.1) is 11.7 Å². The molecule has 0 unspecified atom stereocenters. The van der Waals surface area contributed by atoms with E-state index >= 15 is 0 Å². The van der Waals surface area contributed by atoms with Gasteiger partial charge in [0.2, 0.25) is 5.88 Å². The molecule has 1 aliphatic heterocycles. The predicted molar refractivity (Wildman–Crippen MR) is 158 cm³/mol. The lowest BCUT2D eigenvalue weighted by Crippen LogP contribution is -2.26. The van der Waals surface area contributed by atoms with Gasteiger partial charge < -0.3 is 24.8 Å². The van der Waals surface area contributed by atoms with Crippen molar-refractivity contribution in [2.75, 3.05) is 33.1 Å². The molecule has 0 saturated carbocycles. The highest BCUT2D eigenvalue weighted by molar-refractivity contribution is 7.91. The lowest BCUT2D eigenvalue weighted by atomic mass is 10.0. The molecular weight excluding hydrogens is 547 g/mol. The van der Waals surface area contributed by atoms with Crippen LogP contribution in [0.5, 0.6) is 5.88 Å². The summed E-state index contributed by atoms with van der Waals surface area (Å²) >= 11 is 0. The fourth-order valence-corrected chi connectivity index (χ4v) is 5.88. The second-order valence-corrected chi connectivity index (χ2v) is 12.0. The van der Waals surface area contributed by atoms with Crippen LogP contribution in [0.2, 0.25) is 0 Å². The number of hydrogen-bond acceptors (Lipinski definition) is 9. The molecule has 12 heteroatoms. The number of allylic oxidation sites excluding steroid dienone is 1. The minimum Gasteiger partial charge on any atom is -0.477 e. The van der Waals surface area contributed by atoms with E-state index in [9.17, 15) is 12.8 Å². The monoisotopic (exact) mass is 584 g/mol. The number of sulfone groups is 1. The molecule has 10 nitrogen and oxygen atoms in total. The molecule has 1 aromatic carbocycles. The lowest BCUT2D eigenvalue weighted by Gasteiger charge is -2.24. The molecule has 220 valence electrons. The van der Waals surface area contributed by atoms with Gasteiger partial charge in [-0.1, -0.05) is 18.2 Å². The minimum absolute atomic E-state index is 0.152. The highest BCUT2D eigenvalue weighted by atomic mass is 32.2. The number of nitrogens with two attached hydrogens (primary N) is 2. The van der Waals surface area contributed by atoms with Crippen molar-refractivity contribution >= 4 is 37.5 Å². The molecule has 1 saturated heterocycles. The van der Waals surface area contributed by atoms with Crippen LogP contribution in [0.4, 0.5) is 4.39 Å². The summed E-state index contributed by atoms with van der Waals surface area (Å²) in [6.45, 7) is 6.02. The van der Waals surface area contributed by atoms with Crippen LogP contribution in [0.15, 0.2) is 59.4 Å². The third kappa shape index (κ3) is 6.77. The smallest absolute Gasteiger partial charge is 0.225 e. The third-order valence-electron chi connectivity index (χ3n) is 6.84. The molecular formula is C29H37FN6O4S. The molecule has 0 spiro atoms. The molecule has 41 heavy (non-hydrogen) atoms. The molecule has 4 aromatic rings. The van der Waals surface area contributed by atoms with Crippen LogP contribution in [-0.4, -0.2) is 61.1 Å². The molecule has 0 atom stereocenters. The normalized spacial score (nSPS) is 14.9. The Balaban J connectivity index is 0.000000483. The molecule has 0 aliphatic carbocycles. The average molecular weight is 585 g/mol. The Bertz CT molecular complexity index is 1640. The minimum atomic E-state index is -3.57. The summed E-state index contributed by atoms with van der Waals surface area (Å²) in [6, 6.07) is 9.90. The molecule has 4 N–H and O–H groups in total. The molecule has 0 radical (unpaired) electrons. The Morgan fingerprint density at radius 2 is 1.88 bits per heavy atom. The fraction of sp³-hybridized carbons (Fsp3) is 0.379. The van der Waals surface area contributed by atoms with E-state index in [1.807, 2.05) is 17.6 Å². The van der Waals surface area contributed by atoms with Gasteiger partial charge in [-0.2, -0.15) is 0 Å². The van der Waals surface area contributed by atoms with Gasteiger partial charge in [-0.3, -0.25) is 4.98 Å². The van der Waals surface area contributed by atoms with Gasteiger partial charge in [-0.05, 0) is 50.8 Å². The number of fused-ring (bicyclic) bond motifs is 3. The van der Waals surface area contributed by atoms with Crippen molar-refractivity contribution in [2.24, 2.45) is 17.5 Å². The topological polar surface area (TPSA) is 139 Å². The predicted octanol–water partition coefficient (Wildman–Crippen LogP) is 4.09. The number of benzene rings is 1. The van der Waals surface area contributed by atoms with Crippen molar-refractivity contribution in [2.45, 2.75) is 38.1 Å². The first-order chi connectivity index (χ1) is 19.5. The van der Waals surface area contributed by atoms with E-state index in [-0.39, 0.29) is 10.7 Å². The second-order valence-electron chi connectivity index (χ2n) is 10.1. The van der Waals surface area contributed by atoms with E-state index in [0.717, 1.165) is 23.9 Å². The van der Waals surface area contributed by atoms with Gasteiger partial charge in [0.15, 0.2) is 9.84 Å². The molecule has 3 aromatic heterocycles. The van der Waals surface area contributed by atoms with Gasteiger partial charge in [0.25, 0.3) is 0 Å². The fourth-order valence-electron chi connectivity index (χ4n) is 5.07. The third-order valence-corrected chi connectivity index (χ3v) is 7.94. The Labute approximate surface area is 239 Å². The van der Waals surface area contributed by atoms with Crippen LogP contribution in [0.3, 0.4) is 0 Å². The Kier molecular flexibility index (Phi) is 9.46. The molecule has 1 fully saturated rings. The van der Waals surface area contributed by atoms with E-state index in [4.69, 9.17) is 26.0 Å². The van der Waals surface area contributed by atoms with Crippen molar-refractivity contribution in [3.63, 3.8) is 0 Å². The summed E-state index contributed by atoms with van der Waals surface area (Å²) in [5.74, 6) is 6.57. The summed E-state index contributed by atoms with van der Waals surface area (Å²) in [5, 5.41) is 2.05. The average Bonchev–Trinajstić information content (AvgIpc) is 3.23. The number of halogens is 1. The van der Waals surface area contributed by atoms with E-state index in [1.165, 1.54) is 29.6 Å². The largest absolute Gasteiger partial charge is 0.477 e. The zero-order chi connectivity index (χ0) is 29.7. The number of aromatic nitrogens is 3. The molecule has 0 amide bonds. The summed E-state index contributed by atoms with van der Waals surface area (Å²) in [5.41, 5.74) is 10.0. The lowest BCUT2D eigenvalue weighted by molar-refractivity contribution is 0.0619. The summed E-state index contributed by atoms with van der Waals surface area (Å²) in [7, 11) is -1.86. The van der Waals surface area contributed by atoms with Crippen LogP contribution in [0.1, 0.15) is 32.3 Å². The highest BCUT2D eigenvalue weighted by Gasteiger charge is 2.27. The van der Waals surface area contributed by atoms with Crippen molar-refractivity contribution in [1.29, 1.82) is 0 Å². The SMILES string of the molecule is CCOc1ncc(S(C)(=O)=O)c2c1c1ncc(/C(=C(\C)N)N(C)N)cc1n2CC1CCOCC1.Fc1ccccc1. The van der Waals surface area contributed by atoms with Crippen molar-refractivity contribution < 1.29 is 22.3 Å². The molecule has 5 rings (SSSR count). The number of rotatable bonds is 7. The molecule has 1 aliphatic rings. The number of ether oxygens (including phenoxy) is 2. The van der Waals surface area contributed by atoms with Crippen molar-refractivity contribution in [1.82, 2.24) is 19.5 Å². The summed E-state index contributed by atoms with van der Waals surface area (Å²) in [6.07, 6.45) is 6.06. The Morgan fingerprint density at radius 3 is 2.41 bits per heavy atom. The van der Waals surface area contributed by atoms with Crippen LogP contribution < -0.4 is 16.3 Å². The first kappa shape index (κ1) is 30.2. The van der Waals surface area contributed by atoms with E-state index in [0.29, 0.717) is 66.0 Å². The number of nitrogens with zero attached hydrogens (tertiary/aromatic N) is 4. The van der Waals surface area contributed by atoms with Crippen LogP contribution in [0.25, 0.3) is 27.6 Å². The van der Waals surface area contributed by atoms with Gasteiger partial charge in [0.05, 0.1) is 34.9 Å². The first-order valence-electron chi connectivity index (χ1n) is 13.4. The van der Waals surface area contributed by atoms with E-state index < -0.39 is 9.84 Å². The summed E-state index contributed by atoms with van der Waals surface area (Å²) < 4.78 is 50.9. The molecule has 0 bridgehead atoms. The van der Waals surface area contributed by atoms with Crippen LogP contribution in [-0.2, 0) is 21.1 Å². The number of hydrogen-bond donors (Lipinski definition) is 2. The van der Waals surface area contributed by atoms with Crippen LogP contribution >= 0.6 is 0 Å². The summed E-state index contributed by atoms with van der Waals surface area (Å²) in [4.78, 5) is 9.25. The zero-order valence-electron chi connectivity index (χ0n) is 23.8. The van der Waals surface area contributed by atoms with Crippen molar-refractivity contribution in [3.8, 4) is 5.88 Å². The maximum absolute atomic E-state index is 12.8. The van der Waals surface area contributed by atoms with E-state index in [1.54, 1.807) is 38.4 Å². The quantitative estimate of drug-likeness (QED) is 0.243. The zero-order valence-corrected chi connectivity index (χ0v) is 24.6. The van der Waals surface area contributed by atoms with E-state index in [2.05, 4.69) is 4.98 Å². The first-order valence-corrected chi connectivity index (χ1v) is 15.3. The Hall–Kier alpha value is -3.74. The Morgan fingerprint density at radius 1 is 1.20 bits per heavy atom. The standard InChI is InChI=1S/C23H32N6O4S.C6H5F/c1-5-33-23-19-20-17(10-16(11-26-20)21(14(2)24)28(3)25)29(13-15-6-8-32-9-7-15)22(19)18(12-27-23)34(4,30)31;7-6-4-2-1-3-5-6/h10-12,15H,5-9,13,24-25H2,1-4H3;1-5H/b21-14-;. The van der Waals surface area contributed by atoms with Gasteiger partial charge in [-0.25, -0.2) is 23.6 Å². The van der Waals surface area contributed by atoms with Gasteiger partial charge in [0.1, 0.15) is 16.2 Å².